The molecule has 3 amide bonds. The number of anilines is 1. The fourth-order valence-electron chi connectivity index (χ4n) is 3.58. The molecule has 2 heterocycles. The van der Waals surface area contributed by atoms with E-state index in [0.29, 0.717) is 28.3 Å². The molecular weight excluding hydrogens is 466 g/mol. The molecule has 3 N–H and O–H groups in total. The molecule has 2 aliphatic rings. The summed E-state index contributed by atoms with van der Waals surface area (Å²) in [6.45, 7) is 5.26. The van der Waals surface area contributed by atoms with E-state index in [4.69, 9.17) is 4.74 Å². The molecule has 1 fully saturated rings. The topological polar surface area (TPSA) is 125 Å². The van der Waals surface area contributed by atoms with Gasteiger partial charge in [-0.15, -0.1) is 11.8 Å². The highest BCUT2D eigenvalue weighted by Crippen LogP contribution is 2.41. The number of nitrogens with zero attached hydrogens (tertiary/aromatic N) is 1. The summed E-state index contributed by atoms with van der Waals surface area (Å²) in [5.41, 5.74) is 1.07. The van der Waals surface area contributed by atoms with Crippen LogP contribution < -0.4 is 10.6 Å². The molecule has 9 nitrogen and oxygen atoms in total. The van der Waals surface area contributed by atoms with Crippen LogP contribution in [0.5, 0.6) is 0 Å². The van der Waals surface area contributed by atoms with Gasteiger partial charge in [0, 0.05) is 17.2 Å². The van der Waals surface area contributed by atoms with E-state index in [1.165, 1.54) is 28.4 Å². The largest absolute Gasteiger partial charge is 0.477 e. The Kier molecular flexibility index (Phi) is 7.63. The third-order valence-electron chi connectivity index (χ3n) is 4.89. The van der Waals surface area contributed by atoms with Gasteiger partial charge in [0.25, 0.3) is 5.91 Å². The van der Waals surface area contributed by atoms with E-state index in [0.717, 1.165) is 0 Å². The molecule has 3 rings (SSSR count). The van der Waals surface area contributed by atoms with E-state index >= 15 is 0 Å². The summed E-state index contributed by atoms with van der Waals surface area (Å²) < 4.78 is 5.26. The molecule has 1 aromatic rings. The minimum absolute atomic E-state index is 0.0236. The molecule has 1 aromatic carbocycles. The van der Waals surface area contributed by atoms with Gasteiger partial charge < -0.3 is 15.2 Å². The van der Waals surface area contributed by atoms with Crippen molar-refractivity contribution in [3.8, 4) is 0 Å². The first-order valence-corrected chi connectivity index (χ1v) is 12.7. The number of β-lactam (4-membered cyclic amide) rings is 1. The van der Waals surface area contributed by atoms with Crippen LogP contribution in [0.2, 0.25) is 0 Å². The minimum atomic E-state index is -1.13. The zero-order valence-corrected chi connectivity index (χ0v) is 20.5. The predicted molar refractivity (Wildman–Crippen MR) is 128 cm³/mol. The maximum atomic E-state index is 12.7. The number of amides is 3. The number of rotatable bonds is 7. The van der Waals surface area contributed by atoms with Crippen LogP contribution in [0.3, 0.4) is 0 Å². The molecule has 11 heteroatoms. The Morgan fingerprint density at radius 2 is 1.97 bits per heavy atom. The van der Waals surface area contributed by atoms with Gasteiger partial charge in [0.15, 0.2) is 0 Å². The molecule has 0 saturated carbocycles. The number of hydrogen-bond acceptors (Lipinski definition) is 7. The van der Waals surface area contributed by atoms with Crippen molar-refractivity contribution in [3.63, 3.8) is 0 Å². The van der Waals surface area contributed by atoms with Crippen LogP contribution >= 0.6 is 23.5 Å². The highest BCUT2D eigenvalue weighted by molar-refractivity contribution is 8.00. The van der Waals surface area contributed by atoms with Crippen LogP contribution in [0.4, 0.5) is 10.5 Å². The number of hydrogen-bond donors (Lipinski definition) is 3. The number of carbonyl (C=O) groups is 4. The lowest BCUT2D eigenvalue weighted by Crippen LogP contribution is -2.70. The van der Waals surface area contributed by atoms with Crippen molar-refractivity contribution in [2.75, 3.05) is 23.1 Å². The van der Waals surface area contributed by atoms with Gasteiger partial charge in [-0.1, -0.05) is 18.2 Å². The second kappa shape index (κ2) is 10.1. The van der Waals surface area contributed by atoms with E-state index in [1.54, 1.807) is 45.0 Å². The number of carboxylic acid groups (broad SMARTS) is 1. The normalized spacial score (nSPS) is 20.0. The van der Waals surface area contributed by atoms with Crippen LogP contribution in [0.1, 0.15) is 26.3 Å². The molecule has 178 valence electrons. The van der Waals surface area contributed by atoms with Crippen molar-refractivity contribution in [2.24, 2.45) is 0 Å². The van der Waals surface area contributed by atoms with Crippen molar-refractivity contribution in [3.05, 3.63) is 41.1 Å². The number of benzene rings is 1. The molecule has 33 heavy (non-hydrogen) atoms. The first kappa shape index (κ1) is 25.0. The minimum Gasteiger partial charge on any atom is -0.477 e. The number of aliphatic carboxylic acids is 1. The smallest absolute Gasteiger partial charge is 0.412 e. The molecule has 2 atom stereocenters. The molecule has 0 radical (unpaired) electrons. The Bertz CT molecular complexity index is 1000. The average Bonchev–Trinajstić information content (AvgIpc) is 2.71. The third-order valence-corrected chi connectivity index (χ3v) is 6.87. The summed E-state index contributed by atoms with van der Waals surface area (Å²) in [6.07, 6.45) is 1.18. The monoisotopic (exact) mass is 493 g/mol. The predicted octanol–water partition coefficient (Wildman–Crippen LogP) is 2.68. The first-order chi connectivity index (χ1) is 15.5. The second-order valence-corrected chi connectivity index (χ2v) is 10.6. The zero-order valence-electron chi connectivity index (χ0n) is 18.8. The van der Waals surface area contributed by atoms with Crippen molar-refractivity contribution in [2.45, 2.75) is 44.2 Å². The lowest BCUT2D eigenvalue weighted by atomic mass is 10.0. The van der Waals surface area contributed by atoms with Crippen molar-refractivity contribution in [1.29, 1.82) is 0 Å². The Hall–Kier alpha value is -2.66. The molecule has 0 bridgehead atoms. The summed E-state index contributed by atoms with van der Waals surface area (Å²) in [5.74, 6) is -0.945. The van der Waals surface area contributed by atoms with Gasteiger partial charge in [0.1, 0.15) is 22.7 Å². The molecule has 1 saturated heterocycles. The van der Waals surface area contributed by atoms with Crippen LogP contribution in [0, 0.1) is 0 Å². The highest BCUT2D eigenvalue weighted by atomic mass is 32.2. The Balaban J connectivity index is 1.66. The summed E-state index contributed by atoms with van der Waals surface area (Å²) in [6, 6.07) is 6.05. The SMILES string of the molecule is CSCC1=C(C(=O)O)N2C(=O)C(NC(=O)Cc3ccccc3NC(=O)OC(C)(C)C)[C@H]2SC1. The van der Waals surface area contributed by atoms with Gasteiger partial charge in [-0.25, -0.2) is 9.59 Å². The van der Waals surface area contributed by atoms with Gasteiger partial charge in [-0.2, -0.15) is 11.8 Å². The van der Waals surface area contributed by atoms with E-state index in [-0.39, 0.29) is 12.1 Å². The van der Waals surface area contributed by atoms with Gasteiger partial charge in [0.05, 0.1) is 6.42 Å². The van der Waals surface area contributed by atoms with Crippen LogP contribution in [-0.2, 0) is 25.5 Å². The lowest BCUT2D eigenvalue weighted by molar-refractivity contribution is -0.150. The number of carbonyl (C=O) groups excluding carboxylic acids is 3. The first-order valence-electron chi connectivity index (χ1n) is 10.3. The number of thioether (sulfide) groups is 2. The summed E-state index contributed by atoms with van der Waals surface area (Å²) in [7, 11) is 0. The number of fused-ring (bicyclic) bond motifs is 1. The van der Waals surface area contributed by atoms with Crippen LogP contribution in [0.25, 0.3) is 0 Å². The lowest BCUT2D eigenvalue weighted by Gasteiger charge is -2.49. The summed E-state index contributed by atoms with van der Waals surface area (Å²) in [4.78, 5) is 50.6. The van der Waals surface area contributed by atoms with Crippen LogP contribution in [-0.4, -0.2) is 68.7 Å². The van der Waals surface area contributed by atoms with Gasteiger partial charge in [0.2, 0.25) is 5.91 Å². The summed E-state index contributed by atoms with van der Waals surface area (Å²) >= 11 is 2.94. The maximum absolute atomic E-state index is 12.7. The van der Waals surface area contributed by atoms with E-state index in [1.807, 2.05) is 6.26 Å². The van der Waals surface area contributed by atoms with Crippen molar-refractivity contribution in [1.82, 2.24) is 10.2 Å². The van der Waals surface area contributed by atoms with E-state index in [2.05, 4.69) is 10.6 Å². The molecule has 0 spiro atoms. The molecule has 0 aromatic heterocycles. The number of carboxylic acids is 1. The van der Waals surface area contributed by atoms with Gasteiger partial charge in [-0.05, 0) is 44.2 Å². The van der Waals surface area contributed by atoms with Gasteiger partial charge >= 0.3 is 12.1 Å². The zero-order chi connectivity index (χ0) is 24.3. The Labute approximate surface area is 200 Å². The summed E-state index contributed by atoms with van der Waals surface area (Å²) in [5, 5.41) is 14.5. The van der Waals surface area contributed by atoms with Crippen molar-refractivity contribution >= 4 is 53.1 Å². The number of nitrogens with one attached hydrogen (secondary N) is 2. The highest BCUT2D eigenvalue weighted by Gasteiger charge is 2.54. The maximum Gasteiger partial charge on any atom is 0.412 e. The molecular formula is C22H27N3O6S2. The van der Waals surface area contributed by atoms with E-state index in [9.17, 15) is 24.3 Å². The van der Waals surface area contributed by atoms with E-state index < -0.39 is 40.9 Å². The van der Waals surface area contributed by atoms with Crippen LogP contribution in [0.15, 0.2) is 35.5 Å². The number of ether oxygens (including phenoxy) is 1. The Morgan fingerprint density at radius 1 is 1.27 bits per heavy atom. The van der Waals surface area contributed by atoms with Gasteiger partial charge in [-0.3, -0.25) is 19.8 Å². The fraction of sp³-hybridized carbons (Fsp3) is 0.455. The van der Waals surface area contributed by atoms with Crippen molar-refractivity contribution < 1.29 is 29.0 Å². The third kappa shape index (κ3) is 5.83. The second-order valence-electron chi connectivity index (χ2n) is 8.61. The standard InChI is InChI=1S/C22H27N3O6S2/c1-22(2,3)31-21(30)23-14-8-6-5-7-12(14)9-15(26)24-16-18(27)25-17(20(28)29)13(10-32-4)11-33-19(16)25/h5-8,16,19H,9-11H2,1-4H3,(H,23,30)(H,24,26)(H,28,29)/t16?,19-/m1/s1. The Morgan fingerprint density at radius 3 is 2.61 bits per heavy atom. The molecule has 0 aliphatic carbocycles. The molecule has 2 aliphatic heterocycles. The fourth-order valence-corrected chi connectivity index (χ4v) is 5.64. The number of para-hydroxylation sites is 1. The average molecular weight is 494 g/mol. The quantitative estimate of drug-likeness (QED) is 0.495. The molecule has 1 unspecified atom stereocenters.